The largest absolute Gasteiger partial charge is 0.352 e. The average molecular weight is 249 g/mol. The highest BCUT2D eigenvalue weighted by atomic mass is 16.1. The van der Waals surface area contributed by atoms with E-state index in [1.807, 2.05) is 26.2 Å². The molecule has 0 aliphatic rings. The van der Waals surface area contributed by atoms with Crippen LogP contribution in [-0.2, 0) is 17.9 Å². The van der Waals surface area contributed by atoms with Crippen LogP contribution in [-0.4, -0.2) is 31.4 Å². The average Bonchev–Trinajstić information content (AvgIpc) is 2.33. The molecule has 0 spiro atoms. The van der Waals surface area contributed by atoms with Crippen LogP contribution in [0.25, 0.3) is 0 Å². The zero-order valence-electron chi connectivity index (χ0n) is 11.3. The number of amides is 1. The second kappa shape index (κ2) is 7.84. The number of rotatable bonds is 7. The van der Waals surface area contributed by atoms with E-state index in [0.717, 1.165) is 18.5 Å². The van der Waals surface area contributed by atoms with Crippen molar-refractivity contribution in [3.8, 4) is 0 Å². The molecule has 0 unspecified atom stereocenters. The summed E-state index contributed by atoms with van der Waals surface area (Å²) in [7, 11) is 4.09. The number of carbonyl (C=O) groups is 1. The first kappa shape index (κ1) is 14.7. The second-order valence-electron chi connectivity index (χ2n) is 4.73. The molecule has 0 heterocycles. The molecule has 1 amide bonds. The predicted molar refractivity (Wildman–Crippen MR) is 74.0 cm³/mol. The fourth-order valence-corrected chi connectivity index (χ4v) is 1.75. The molecule has 0 aromatic heterocycles. The van der Waals surface area contributed by atoms with Gasteiger partial charge < -0.3 is 16.0 Å². The van der Waals surface area contributed by atoms with E-state index in [-0.39, 0.29) is 5.91 Å². The third-order valence-corrected chi connectivity index (χ3v) is 2.59. The SMILES string of the molecule is CN(C)Cc1cccc(CNC(=O)CCCN)c1. The van der Waals surface area contributed by atoms with Crippen molar-refractivity contribution in [1.29, 1.82) is 0 Å². The normalized spacial score (nSPS) is 10.7. The maximum Gasteiger partial charge on any atom is 0.220 e. The summed E-state index contributed by atoms with van der Waals surface area (Å²) in [5.74, 6) is 0.0680. The number of nitrogens with zero attached hydrogens (tertiary/aromatic N) is 1. The molecule has 0 fully saturated rings. The van der Waals surface area contributed by atoms with Crippen molar-refractivity contribution in [2.45, 2.75) is 25.9 Å². The fourth-order valence-electron chi connectivity index (χ4n) is 1.75. The molecule has 0 atom stereocenters. The second-order valence-corrected chi connectivity index (χ2v) is 4.73. The first-order valence-electron chi connectivity index (χ1n) is 6.31. The summed E-state index contributed by atoms with van der Waals surface area (Å²) in [6, 6.07) is 8.28. The van der Waals surface area contributed by atoms with Crippen LogP contribution in [0.2, 0.25) is 0 Å². The zero-order chi connectivity index (χ0) is 13.4. The zero-order valence-corrected chi connectivity index (χ0v) is 11.3. The molecule has 0 saturated carbocycles. The van der Waals surface area contributed by atoms with Gasteiger partial charge in [-0.05, 0) is 38.2 Å². The van der Waals surface area contributed by atoms with Gasteiger partial charge in [0.2, 0.25) is 5.91 Å². The minimum Gasteiger partial charge on any atom is -0.352 e. The van der Waals surface area contributed by atoms with Gasteiger partial charge in [-0.25, -0.2) is 0 Å². The van der Waals surface area contributed by atoms with Crippen molar-refractivity contribution in [3.63, 3.8) is 0 Å². The van der Waals surface area contributed by atoms with Crippen molar-refractivity contribution in [2.75, 3.05) is 20.6 Å². The molecule has 0 bridgehead atoms. The lowest BCUT2D eigenvalue weighted by atomic mass is 10.1. The van der Waals surface area contributed by atoms with Crippen LogP contribution in [0, 0.1) is 0 Å². The summed E-state index contributed by atoms with van der Waals surface area (Å²) in [4.78, 5) is 13.6. The smallest absolute Gasteiger partial charge is 0.220 e. The van der Waals surface area contributed by atoms with Crippen molar-refractivity contribution in [2.24, 2.45) is 5.73 Å². The molecule has 3 N–H and O–H groups in total. The molecular weight excluding hydrogens is 226 g/mol. The lowest BCUT2D eigenvalue weighted by molar-refractivity contribution is -0.121. The molecular formula is C14H23N3O. The molecule has 0 aliphatic carbocycles. The molecule has 1 aromatic carbocycles. The van der Waals surface area contributed by atoms with Crippen molar-refractivity contribution >= 4 is 5.91 Å². The standard InChI is InChI=1S/C14H23N3O/c1-17(2)11-13-6-3-5-12(9-13)10-16-14(18)7-4-8-15/h3,5-6,9H,4,7-8,10-11,15H2,1-2H3,(H,16,18). The third kappa shape index (κ3) is 5.80. The Kier molecular flexibility index (Phi) is 6.39. The molecule has 18 heavy (non-hydrogen) atoms. The molecule has 4 nitrogen and oxygen atoms in total. The van der Waals surface area contributed by atoms with Gasteiger partial charge in [-0.15, -0.1) is 0 Å². The quantitative estimate of drug-likeness (QED) is 0.761. The van der Waals surface area contributed by atoms with Crippen LogP contribution in [0.5, 0.6) is 0 Å². The van der Waals surface area contributed by atoms with Crippen LogP contribution < -0.4 is 11.1 Å². The van der Waals surface area contributed by atoms with Crippen LogP contribution in [0.4, 0.5) is 0 Å². The first-order valence-corrected chi connectivity index (χ1v) is 6.31. The molecule has 1 aromatic rings. The Balaban J connectivity index is 2.44. The fraction of sp³-hybridized carbons (Fsp3) is 0.500. The van der Waals surface area contributed by atoms with Crippen LogP contribution in [0.1, 0.15) is 24.0 Å². The Hall–Kier alpha value is -1.39. The number of carbonyl (C=O) groups excluding carboxylic acids is 1. The van der Waals surface area contributed by atoms with Gasteiger partial charge in [-0.1, -0.05) is 24.3 Å². The van der Waals surface area contributed by atoms with Gasteiger partial charge in [0.05, 0.1) is 0 Å². The van der Waals surface area contributed by atoms with E-state index in [0.29, 0.717) is 19.5 Å². The molecule has 0 aliphatic heterocycles. The van der Waals surface area contributed by atoms with Crippen molar-refractivity contribution in [1.82, 2.24) is 10.2 Å². The lowest BCUT2D eigenvalue weighted by Gasteiger charge is -2.11. The van der Waals surface area contributed by atoms with Gasteiger partial charge in [-0.2, -0.15) is 0 Å². The lowest BCUT2D eigenvalue weighted by Crippen LogP contribution is -2.23. The van der Waals surface area contributed by atoms with Crippen LogP contribution in [0.3, 0.4) is 0 Å². The van der Waals surface area contributed by atoms with Crippen LogP contribution in [0.15, 0.2) is 24.3 Å². The first-order chi connectivity index (χ1) is 8.61. The van der Waals surface area contributed by atoms with E-state index in [4.69, 9.17) is 5.73 Å². The Morgan fingerprint density at radius 2 is 2.06 bits per heavy atom. The minimum atomic E-state index is 0.0680. The highest BCUT2D eigenvalue weighted by Crippen LogP contribution is 2.07. The van der Waals surface area contributed by atoms with Gasteiger partial charge in [0, 0.05) is 19.5 Å². The topological polar surface area (TPSA) is 58.4 Å². The molecule has 4 heteroatoms. The van der Waals surface area contributed by atoms with Gasteiger partial charge in [0.15, 0.2) is 0 Å². The van der Waals surface area contributed by atoms with Crippen molar-refractivity contribution < 1.29 is 4.79 Å². The minimum absolute atomic E-state index is 0.0680. The van der Waals surface area contributed by atoms with E-state index in [2.05, 4.69) is 22.3 Å². The number of hydrogen-bond donors (Lipinski definition) is 2. The number of nitrogens with two attached hydrogens (primary N) is 1. The van der Waals surface area contributed by atoms with Crippen molar-refractivity contribution in [3.05, 3.63) is 35.4 Å². The van der Waals surface area contributed by atoms with E-state index >= 15 is 0 Å². The third-order valence-electron chi connectivity index (χ3n) is 2.59. The maximum absolute atomic E-state index is 11.5. The number of hydrogen-bond acceptors (Lipinski definition) is 3. The number of nitrogens with one attached hydrogen (secondary N) is 1. The predicted octanol–water partition coefficient (Wildman–Crippen LogP) is 1.10. The Morgan fingerprint density at radius 1 is 1.33 bits per heavy atom. The summed E-state index contributed by atoms with van der Waals surface area (Å²) in [6.07, 6.45) is 1.25. The Labute approximate surface area is 109 Å². The van der Waals surface area contributed by atoms with Gasteiger partial charge in [0.25, 0.3) is 0 Å². The van der Waals surface area contributed by atoms with Gasteiger partial charge in [0.1, 0.15) is 0 Å². The van der Waals surface area contributed by atoms with E-state index in [9.17, 15) is 4.79 Å². The molecule has 0 radical (unpaired) electrons. The maximum atomic E-state index is 11.5. The van der Waals surface area contributed by atoms with E-state index < -0.39 is 0 Å². The number of benzene rings is 1. The summed E-state index contributed by atoms with van der Waals surface area (Å²) in [5, 5.41) is 2.91. The molecule has 100 valence electrons. The summed E-state index contributed by atoms with van der Waals surface area (Å²) < 4.78 is 0. The molecule has 0 saturated heterocycles. The van der Waals surface area contributed by atoms with Crippen LogP contribution >= 0.6 is 0 Å². The van der Waals surface area contributed by atoms with E-state index in [1.54, 1.807) is 0 Å². The monoisotopic (exact) mass is 249 g/mol. The Morgan fingerprint density at radius 3 is 2.72 bits per heavy atom. The highest BCUT2D eigenvalue weighted by molar-refractivity contribution is 5.75. The highest BCUT2D eigenvalue weighted by Gasteiger charge is 2.01. The van der Waals surface area contributed by atoms with Gasteiger partial charge >= 0.3 is 0 Å². The summed E-state index contributed by atoms with van der Waals surface area (Å²) >= 11 is 0. The summed E-state index contributed by atoms with van der Waals surface area (Å²) in [6.45, 7) is 2.06. The van der Waals surface area contributed by atoms with E-state index in [1.165, 1.54) is 5.56 Å². The molecule has 1 rings (SSSR count). The Bertz CT molecular complexity index is 377. The van der Waals surface area contributed by atoms with Gasteiger partial charge in [-0.3, -0.25) is 4.79 Å². The summed E-state index contributed by atoms with van der Waals surface area (Å²) in [5.41, 5.74) is 7.76.